The molecule has 0 bridgehead atoms. The molecule has 1 atom stereocenters. The second-order valence-corrected chi connectivity index (χ2v) is 17.5. The Labute approximate surface area is 372 Å². The molecule has 0 radical (unpaired) electrons. The van der Waals surface area contributed by atoms with E-state index in [9.17, 15) is 20.4 Å². The van der Waals surface area contributed by atoms with E-state index in [4.69, 9.17) is 14.2 Å². The molecule has 0 saturated carbocycles. The first-order valence-electron chi connectivity index (χ1n) is 25.6. The lowest BCUT2D eigenvalue weighted by Gasteiger charge is -2.23. The van der Waals surface area contributed by atoms with Crippen LogP contribution in [0, 0.1) is 0 Å². The summed E-state index contributed by atoms with van der Waals surface area (Å²) in [5.74, 6) is 0. The molecule has 0 amide bonds. The van der Waals surface area contributed by atoms with Gasteiger partial charge in [-0.15, -0.1) is 0 Å². The highest BCUT2D eigenvalue weighted by atomic mass is 16.5. The van der Waals surface area contributed by atoms with Crippen molar-refractivity contribution >= 4 is 0 Å². The fourth-order valence-corrected chi connectivity index (χ4v) is 7.53. The smallest absolute Gasteiger partial charge is 0.152 e. The number of hydrogen-bond donors (Lipinski definition) is 4. The van der Waals surface area contributed by atoms with Crippen LogP contribution in [0.25, 0.3) is 0 Å². The van der Waals surface area contributed by atoms with E-state index in [-0.39, 0.29) is 6.10 Å². The molecule has 0 aliphatic carbocycles. The Kier molecular flexibility index (Phi) is 48.4. The van der Waals surface area contributed by atoms with E-state index in [1.165, 1.54) is 167 Å². The molecule has 9 heteroatoms. The van der Waals surface area contributed by atoms with Crippen molar-refractivity contribution in [3.63, 3.8) is 0 Å². The van der Waals surface area contributed by atoms with Gasteiger partial charge in [0, 0.05) is 39.0 Å². The SMILES string of the molecule is CCCCCCCC/C=C\CCCCCCCCN(CCOCCOC(C)COCCN(CCCCCCCC/C=C\CCCCCCCC)CCC(O)O)CCC(O)O. The van der Waals surface area contributed by atoms with E-state index < -0.39 is 12.6 Å². The van der Waals surface area contributed by atoms with E-state index in [0.29, 0.717) is 59.0 Å². The molecule has 0 rings (SSSR count). The van der Waals surface area contributed by atoms with Gasteiger partial charge in [-0.25, -0.2) is 0 Å². The molecule has 358 valence electrons. The Morgan fingerprint density at radius 1 is 0.383 bits per heavy atom. The zero-order valence-corrected chi connectivity index (χ0v) is 39.9. The summed E-state index contributed by atoms with van der Waals surface area (Å²) >= 11 is 0. The van der Waals surface area contributed by atoms with Crippen molar-refractivity contribution in [3.8, 4) is 0 Å². The van der Waals surface area contributed by atoms with Crippen molar-refractivity contribution in [3.05, 3.63) is 24.3 Å². The van der Waals surface area contributed by atoms with Gasteiger partial charge in [0.2, 0.25) is 0 Å². The lowest BCUT2D eigenvalue weighted by molar-refractivity contribution is -0.0541. The zero-order valence-electron chi connectivity index (χ0n) is 39.9. The zero-order chi connectivity index (χ0) is 43.8. The monoisotopic (exact) mass is 855 g/mol. The highest BCUT2D eigenvalue weighted by Crippen LogP contribution is 2.13. The maximum absolute atomic E-state index is 9.43. The van der Waals surface area contributed by atoms with Crippen molar-refractivity contribution in [2.45, 2.75) is 232 Å². The minimum atomic E-state index is -1.28. The van der Waals surface area contributed by atoms with Gasteiger partial charge in [-0.2, -0.15) is 0 Å². The average Bonchev–Trinajstić information content (AvgIpc) is 3.23. The Bertz CT molecular complexity index is 874. The number of unbranched alkanes of at least 4 members (excludes halogenated alkanes) is 24. The molecule has 0 aliphatic heterocycles. The molecule has 0 heterocycles. The molecule has 9 nitrogen and oxygen atoms in total. The number of rotatable bonds is 50. The maximum Gasteiger partial charge on any atom is 0.152 e. The normalized spacial score (nSPS) is 12.9. The third-order valence-corrected chi connectivity index (χ3v) is 11.5. The van der Waals surface area contributed by atoms with Crippen molar-refractivity contribution in [1.29, 1.82) is 0 Å². The van der Waals surface area contributed by atoms with Crippen LogP contribution in [0.1, 0.15) is 213 Å². The van der Waals surface area contributed by atoms with Gasteiger partial charge >= 0.3 is 0 Å². The van der Waals surface area contributed by atoms with Crippen molar-refractivity contribution < 1.29 is 34.6 Å². The van der Waals surface area contributed by atoms with E-state index in [0.717, 1.165) is 39.0 Å². The molecule has 0 spiro atoms. The third kappa shape index (κ3) is 48.2. The van der Waals surface area contributed by atoms with Gasteiger partial charge in [0.15, 0.2) is 12.6 Å². The molecule has 0 aliphatic rings. The average molecular weight is 855 g/mol. The summed E-state index contributed by atoms with van der Waals surface area (Å²) in [6.45, 7) is 14.1. The molecule has 0 aromatic heterocycles. The Balaban J connectivity index is 3.96. The number of ether oxygens (including phenoxy) is 3. The van der Waals surface area contributed by atoms with Crippen molar-refractivity contribution in [2.24, 2.45) is 0 Å². The predicted octanol–water partition coefficient (Wildman–Crippen LogP) is 11.5. The molecule has 60 heavy (non-hydrogen) atoms. The van der Waals surface area contributed by atoms with Crippen LogP contribution in [-0.4, -0.2) is 121 Å². The van der Waals surface area contributed by atoms with Gasteiger partial charge in [0.1, 0.15) is 0 Å². The Hall–Kier alpha value is -0.880. The predicted molar refractivity (Wildman–Crippen MR) is 255 cm³/mol. The summed E-state index contributed by atoms with van der Waals surface area (Å²) in [4.78, 5) is 4.57. The Morgan fingerprint density at radius 2 is 0.733 bits per heavy atom. The topological polar surface area (TPSA) is 115 Å². The summed E-state index contributed by atoms with van der Waals surface area (Å²) in [5, 5.41) is 37.7. The molecule has 0 aromatic rings. The molecule has 1 unspecified atom stereocenters. The summed E-state index contributed by atoms with van der Waals surface area (Å²) in [6.07, 6.45) is 43.9. The second kappa shape index (κ2) is 49.1. The summed E-state index contributed by atoms with van der Waals surface area (Å²) < 4.78 is 17.7. The highest BCUT2D eigenvalue weighted by molar-refractivity contribution is 4.82. The van der Waals surface area contributed by atoms with E-state index in [1.807, 2.05) is 6.92 Å². The van der Waals surface area contributed by atoms with E-state index in [2.05, 4.69) is 48.0 Å². The molecule has 4 N–H and O–H groups in total. The van der Waals surface area contributed by atoms with Gasteiger partial charge in [-0.05, 0) is 84.2 Å². The third-order valence-electron chi connectivity index (χ3n) is 11.5. The number of aliphatic hydroxyl groups is 4. The standard InChI is InChI=1S/C51H102N2O7/c1-4-6-8-10-12-14-16-18-20-22-24-26-28-30-32-34-38-52(40-36-50(54)55)42-44-58-46-47-60-49(3)48-59-45-43-53(41-37-51(56)57)39-35-33-31-29-27-25-23-21-19-17-15-13-11-9-7-5-2/h18-21,49-51,54-57H,4-17,22-48H2,1-3H3/b20-18-,21-19-. The maximum atomic E-state index is 9.43. The van der Waals surface area contributed by atoms with Crippen LogP contribution in [0.2, 0.25) is 0 Å². The molecule has 0 aromatic carbocycles. The van der Waals surface area contributed by atoms with Crippen LogP contribution in [0.5, 0.6) is 0 Å². The van der Waals surface area contributed by atoms with Crippen LogP contribution < -0.4 is 0 Å². The second-order valence-electron chi connectivity index (χ2n) is 17.5. The van der Waals surface area contributed by atoms with Gasteiger partial charge < -0.3 is 44.4 Å². The fraction of sp³-hybridized carbons (Fsp3) is 0.922. The van der Waals surface area contributed by atoms with Crippen LogP contribution >= 0.6 is 0 Å². The summed E-state index contributed by atoms with van der Waals surface area (Å²) in [7, 11) is 0. The molecule has 0 saturated heterocycles. The quantitative estimate of drug-likeness (QED) is 0.0270. The first kappa shape index (κ1) is 59.1. The largest absolute Gasteiger partial charge is 0.378 e. The molecular weight excluding hydrogens is 753 g/mol. The molecular formula is C51H102N2O7. The number of hydrogen-bond acceptors (Lipinski definition) is 9. The number of allylic oxidation sites excluding steroid dienone is 4. The van der Waals surface area contributed by atoms with Crippen molar-refractivity contribution in [1.82, 2.24) is 9.80 Å². The van der Waals surface area contributed by atoms with Gasteiger partial charge in [-0.1, -0.05) is 154 Å². The van der Waals surface area contributed by atoms with Gasteiger partial charge in [0.05, 0.1) is 39.1 Å². The first-order chi connectivity index (χ1) is 29.4. The lowest BCUT2D eigenvalue weighted by atomic mass is 10.1. The van der Waals surface area contributed by atoms with Crippen LogP contribution in [0.4, 0.5) is 0 Å². The number of aliphatic hydroxyl groups excluding tert-OH is 2. The van der Waals surface area contributed by atoms with E-state index in [1.54, 1.807) is 0 Å². The molecule has 0 fully saturated rings. The highest BCUT2D eigenvalue weighted by Gasteiger charge is 2.10. The van der Waals surface area contributed by atoms with Crippen LogP contribution in [-0.2, 0) is 14.2 Å². The van der Waals surface area contributed by atoms with Crippen LogP contribution in [0.3, 0.4) is 0 Å². The van der Waals surface area contributed by atoms with Gasteiger partial charge in [-0.3, -0.25) is 0 Å². The minimum Gasteiger partial charge on any atom is -0.378 e. The van der Waals surface area contributed by atoms with Crippen molar-refractivity contribution in [2.75, 3.05) is 72.3 Å². The minimum absolute atomic E-state index is 0.0361. The van der Waals surface area contributed by atoms with Gasteiger partial charge in [0.25, 0.3) is 0 Å². The first-order valence-corrected chi connectivity index (χ1v) is 25.6. The lowest BCUT2D eigenvalue weighted by Crippen LogP contribution is -2.32. The van der Waals surface area contributed by atoms with Crippen LogP contribution in [0.15, 0.2) is 24.3 Å². The van der Waals surface area contributed by atoms with E-state index >= 15 is 0 Å². The number of nitrogens with zero attached hydrogens (tertiary/aromatic N) is 2. The summed E-state index contributed by atoms with van der Waals surface area (Å²) in [6, 6.07) is 0. The summed E-state index contributed by atoms with van der Waals surface area (Å²) in [5.41, 5.74) is 0. The fourth-order valence-electron chi connectivity index (χ4n) is 7.53. The Morgan fingerprint density at radius 3 is 1.12 bits per heavy atom.